The zero-order valence-electron chi connectivity index (χ0n) is 19.7. The van der Waals surface area contributed by atoms with Gasteiger partial charge in [-0.2, -0.15) is 4.98 Å². The number of carbonyl (C=O) groups excluding carboxylic acids is 1. The summed E-state index contributed by atoms with van der Waals surface area (Å²) in [4.78, 5) is 24.1. The lowest BCUT2D eigenvalue weighted by molar-refractivity contribution is -0.0870. The molecule has 3 aliphatic carbocycles. The van der Waals surface area contributed by atoms with Crippen molar-refractivity contribution >= 4 is 28.6 Å². The Morgan fingerprint density at radius 3 is 2.58 bits per heavy atom. The third-order valence-electron chi connectivity index (χ3n) is 7.95. The lowest BCUT2D eigenvalue weighted by Crippen LogP contribution is -2.60. The third kappa shape index (κ3) is 3.32. The van der Waals surface area contributed by atoms with Crippen molar-refractivity contribution in [1.82, 2.24) is 24.8 Å². The molecule has 4 aliphatic rings. The number of hydrogen-bond acceptors (Lipinski definition) is 5. The van der Waals surface area contributed by atoms with Gasteiger partial charge in [0.1, 0.15) is 11.3 Å². The largest absolute Gasteiger partial charge is 0.343 e. The molecule has 7 heteroatoms. The fraction of sp³-hybridized carbons (Fsp3) is 0.500. The molecule has 3 heterocycles. The van der Waals surface area contributed by atoms with Crippen LogP contribution in [0.15, 0.2) is 30.5 Å². The molecule has 3 saturated carbocycles. The van der Waals surface area contributed by atoms with Crippen LogP contribution in [0.4, 0.5) is 11.6 Å². The number of rotatable bonds is 5. The second-order valence-corrected chi connectivity index (χ2v) is 10.5. The van der Waals surface area contributed by atoms with E-state index in [-0.39, 0.29) is 11.4 Å². The molecule has 33 heavy (non-hydrogen) atoms. The quantitative estimate of drug-likeness (QED) is 0.618. The molecule has 0 unspecified atom stereocenters. The summed E-state index contributed by atoms with van der Waals surface area (Å²) in [6.45, 7) is 4.38. The molecule has 1 saturated heterocycles. The molecule has 0 radical (unpaired) electrons. The van der Waals surface area contributed by atoms with Crippen molar-refractivity contribution in [1.29, 1.82) is 0 Å². The lowest BCUT2D eigenvalue weighted by atomic mass is 9.49. The standard InChI is InChI=1S/C26H32N6O/c1-16-10-20(4-5-21(16)18-6-8-27-9-7-18)29-25-28-15-19-11-22(24(33)31(2)3)32(23(19)30-25)26-12-17(13-26)14-26/h4-5,10-11,15,17-18,27H,6-9,12-14H2,1-3H3,(H,28,29,30). The van der Waals surface area contributed by atoms with Crippen molar-refractivity contribution in [3.63, 3.8) is 0 Å². The number of amides is 1. The van der Waals surface area contributed by atoms with E-state index >= 15 is 0 Å². The molecule has 4 fully saturated rings. The Morgan fingerprint density at radius 2 is 1.94 bits per heavy atom. The molecule has 172 valence electrons. The maximum atomic E-state index is 13.0. The third-order valence-corrected chi connectivity index (χ3v) is 7.95. The van der Waals surface area contributed by atoms with Crippen LogP contribution in [0.1, 0.15) is 59.6 Å². The van der Waals surface area contributed by atoms with E-state index in [2.05, 4.69) is 45.3 Å². The maximum absolute atomic E-state index is 13.0. The average molecular weight is 445 g/mol. The number of hydrogen-bond donors (Lipinski definition) is 2. The molecule has 7 nitrogen and oxygen atoms in total. The van der Waals surface area contributed by atoms with Crippen molar-refractivity contribution in [2.24, 2.45) is 5.92 Å². The number of nitrogens with one attached hydrogen (secondary N) is 2. The van der Waals surface area contributed by atoms with E-state index in [1.807, 2.05) is 12.3 Å². The van der Waals surface area contributed by atoms with Crippen molar-refractivity contribution in [3.05, 3.63) is 47.3 Å². The number of nitrogens with zero attached hydrogens (tertiary/aromatic N) is 4. The number of carbonyl (C=O) groups is 1. The summed E-state index contributed by atoms with van der Waals surface area (Å²) >= 11 is 0. The minimum atomic E-state index is 0.0244. The lowest BCUT2D eigenvalue weighted by Gasteiger charge is -2.62. The van der Waals surface area contributed by atoms with Gasteiger partial charge in [0, 0.05) is 36.9 Å². The molecular weight excluding hydrogens is 412 g/mol. The Labute approximate surface area is 194 Å². The minimum absolute atomic E-state index is 0.0244. The van der Waals surface area contributed by atoms with Crippen LogP contribution < -0.4 is 10.6 Å². The van der Waals surface area contributed by atoms with Gasteiger partial charge < -0.3 is 20.1 Å². The average Bonchev–Trinajstić information content (AvgIpc) is 3.10. The van der Waals surface area contributed by atoms with Crippen molar-refractivity contribution < 1.29 is 4.79 Å². The van der Waals surface area contributed by atoms with Gasteiger partial charge in [0.05, 0.1) is 0 Å². The minimum Gasteiger partial charge on any atom is -0.343 e. The van der Waals surface area contributed by atoms with E-state index in [1.165, 1.54) is 24.0 Å². The van der Waals surface area contributed by atoms with Crippen LogP contribution in [0.3, 0.4) is 0 Å². The summed E-state index contributed by atoms with van der Waals surface area (Å²) in [6.07, 6.45) is 7.68. The number of piperidine rings is 1. The topological polar surface area (TPSA) is 75.1 Å². The summed E-state index contributed by atoms with van der Waals surface area (Å²) < 4.78 is 2.21. The van der Waals surface area contributed by atoms with Crippen LogP contribution in [-0.2, 0) is 5.54 Å². The highest BCUT2D eigenvalue weighted by atomic mass is 16.2. The first-order valence-corrected chi connectivity index (χ1v) is 12.1. The molecule has 3 aromatic rings. The van der Waals surface area contributed by atoms with E-state index in [0.717, 1.165) is 60.7 Å². The number of benzene rings is 1. The van der Waals surface area contributed by atoms with Crippen LogP contribution in [0.2, 0.25) is 0 Å². The van der Waals surface area contributed by atoms with E-state index < -0.39 is 0 Å². The molecule has 2 N–H and O–H groups in total. The number of aryl methyl sites for hydroxylation is 1. The van der Waals surface area contributed by atoms with Crippen LogP contribution in [0.25, 0.3) is 11.0 Å². The van der Waals surface area contributed by atoms with E-state index in [1.54, 1.807) is 19.0 Å². The highest BCUT2D eigenvalue weighted by Crippen LogP contribution is 2.63. The predicted molar refractivity (Wildman–Crippen MR) is 130 cm³/mol. The number of anilines is 2. The van der Waals surface area contributed by atoms with Gasteiger partial charge in [-0.25, -0.2) is 4.98 Å². The van der Waals surface area contributed by atoms with Crippen molar-refractivity contribution in [2.75, 3.05) is 32.5 Å². The van der Waals surface area contributed by atoms with Crippen LogP contribution in [0.5, 0.6) is 0 Å². The summed E-state index contributed by atoms with van der Waals surface area (Å²) in [5, 5.41) is 7.79. The SMILES string of the molecule is Cc1cc(Nc2ncc3cc(C(=O)N(C)C)n(C45CC(C4)C5)c3n2)ccc1C1CCNCC1. The summed E-state index contributed by atoms with van der Waals surface area (Å²) in [7, 11) is 3.61. The monoisotopic (exact) mass is 444 g/mol. The first-order chi connectivity index (χ1) is 15.9. The van der Waals surface area contributed by atoms with Crippen molar-refractivity contribution in [3.8, 4) is 0 Å². The molecule has 0 spiro atoms. The number of fused-ring (bicyclic) bond motifs is 1. The predicted octanol–water partition coefficient (Wildman–Crippen LogP) is 4.16. The van der Waals surface area contributed by atoms with Crippen molar-refractivity contribution in [2.45, 2.75) is 50.5 Å². The molecule has 2 bridgehead atoms. The highest BCUT2D eigenvalue weighted by molar-refractivity contribution is 5.98. The maximum Gasteiger partial charge on any atom is 0.270 e. The fourth-order valence-electron chi connectivity index (χ4n) is 6.10. The normalized spacial score (nSPS) is 24.3. The zero-order valence-corrected chi connectivity index (χ0v) is 19.7. The van der Waals surface area contributed by atoms with Gasteiger partial charge in [-0.05, 0) is 93.3 Å². The van der Waals surface area contributed by atoms with Crippen LogP contribution >= 0.6 is 0 Å². The Bertz CT molecular complexity index is 1220. The van der Waals surface area contributed by atoms with Gasteiger partial charge >= 0.3 is 0 Å². The second kappa shape index (κ2) is 7.55. The van der Waals surface area contributed by atoms with Crippen LogP contribution in [0, 0.1) is 12.8 Å². The summed E-state index contributed by atoms with van der Waals surface area (Å²) in [6, 6.07) is 8.55. The highest BCUT2D eigenvalue weighted by Gasteiger charge is 2.59. The smallest absolute Gasteiger partial charge is 0.270 e. The number of aromatic nitrogens is 3. The van der Waals surface area contributed by atoms with Gasteiger partial charge in [0.15, 0.2) is 0 Å². The Hall–Kier alpha value is -2.93. The van der Waals surface area contributed by atoms with Gasteiger partial charge in [0.2, 0.25) is 5.95 Å². The molecule has 2 aromatic heterocycles. The fourth-order valence-corrected chi connectivity index (χ4v) is 6.10. The van der Waals surface area contributed by atoms with Gasteiger partial charge in [-0.3, -0.25) is 4.79 Å². The first-order valence-electron chi connectivity index (χ1n) is 12.1. The van der Waals surface area contributed by atoms with Gasteiger partial charge in [-0.15, -0.1) is 0 Å². The molecule has 1 aliphatic heterocycles. The molecule has 0 atom stereocenters. The molecule has 1 amide bonds. The molecule has 7 rings (SSSR count). The summed E-state index contributed by atoms with van der Waals surface area (Å²) in [5.41, 5.74) is 5.40. The second-order valence-electron chi connectivity index (χ2n) is 10.5. The van der Waals surface area contributed by atoms with Gasteiger partial charge in [-0.1, -0.05) is 6.07 Å². The molecule has 1 aromatic carbocycles. The summed E-state index contributed by atoms with van der Waals surface area (Å²) in [5.74, 6) is 2.05. The van der Waals surface area contributed by atoms with E-state index in [0.29, 0.717) is 11.9 Å². The Kier molecular flexibility index (Phi) is 4.73. The molecular formula is C26H32N6O. The Balaban J connectivity index is 1.33. The Morgan fingerprint density at radius 1 is 1.18 bits per heavy atom. The van der Waals surface area contributed by atoms with E-state index in [4.69, 9.17) is 4.98 Å². The van der Waals surface area contributed by atoms with Gasteiger partial charge in [0.25, 0.3) is 5.91 Å². The first kappa shape index (κ1) is 20.7. The van der Waals surface area contributed by atoms with E-state index in [9.17, 15) is 4.79 Å². The zero-order chi connectivity index (χ0) is 22.7. The van der Waals surface area contributed by atoms with Crippen LogP contribution in [-0.4, -0.2) is 52.5 Å².